The van der Waals surface area contributed by atoms with E-state index in [0.29, 0.717) is 19.3 Å². The minimum absolute atomic E-state index is 0.0276. The Labute approximate surface area is 689 Å². The van der Waals surface area contributed by atoms with E-state index in [2.05, 4.69) is 13.8 Å². The van der Waals surface area contributed by atoms with Crippen LogP contribution in [0.5, 0.6) is 0 Å². The van der Waals surface area contributed by atoms with Crippen LogP contribution in [0.4, 0.5) is 0 Å². The summed E-state index contributed by atoms with van der Waals surface area (Å²) in [5.41, 5.74) is 0. The second-order valence-corrected chi connectivity index (χ2v) is 33.3. The fourth-order valence-corrected chi connectivity index (χ4v) is 16.0. The number of phosphoric acid groups is 1. The summed E-state index contributed by atoms with van der Waals surface area (Å²) in [6, 6.07) is 0. The number of unbranched alkanes of at least 4 members (excludes halogenated alkanes) is 22. The molecule has 1 saturated carbocycles. The summed E-state index contributed by atoms with van der Waals surface area (Å²) in [5, 5.41) is 250. The van der Waals surface area contributed by atoms with E-state index in [1.165, 1.54) is 51.4 Å². The molecule has 6 aliphatic heterocycles. The van der Waals surface area contributed by atoms with Crippen LogP contribution in [-0.4, -0.2) is 414 Å². The lowest BCUT2D eigenvalue weighted by atomic mass is 9.84. The SMILES string of the molecule is CCCCCCCCCCCCCCCC(=O)OC[C@H](COP(=O)(O)O[C@@H]1C(O[C@@H]2OC(CO[C@@H]3OC(CO[C@@H]4OC(CO[C@@H]5OC(CO[C@@H]6OC(CO)[C@H](O)C(O)[C@@H]6O)[C@H](O)C(O)[C@@H]5O)[C@H](O)C(O)[C@@H]4O)[C@H](O)C(O)[C@@H]3O)[C@H](O)C(O)[C@@H]2O)C(O)[C@@H](O)C(O)[C@H]1O[C@H]1OC(CO)[C@@H](O)C(O)[C@H]1O)OC(=O)CCCCCCCCCCCCC. The second-order valence-electron chi connectivity index (χ2n) is 31.9. The first kappa shape index (κ1) is 104. The Morgan fingerprint density at radius 2 is 0.555 bits per heavy atom. The predicted octanol–water partition coefficient (Wildman–Crippen LogP) is -6.11. The van der Waals surface area contributed by atoms with Crippen molar-refractivity contribution in [2.75, 3.05) is 52.9 Å². The zero-order valence-corrected chi connectivity index (χ0v) is 68.2. The molecule has 0 spiro atoms. The topological polar surface area (TPSA) is 684 Å². The normalized spacial score (nSPS) is 40.5. The molecule has 0 amide bonds. The minimum Gasteiger partial charge on any atom is -0.462 e. The highest BCUT2D eigenvalue weighted by Gasteiger charge is 2.60. The van der Waals surface area contributed by atoms with Crippen LogP contribution in [0.25, 0.3) is 0 Å². The van der Waals surface area contributed by atoms with Crippen molar-refractivity contribution in [1.82, 2.24) is 0 Å². The number of phosphoric ester groups is 1. The van der Waals surface area contributed by atoms with Gasteiger partial charge >= 0.3 is 19.8 Å². The monoisotopic (exact) mass is 1750 g/mol. The van der Waals surface area contributed by atoms with Crippen LogP contribution in [0.15, 0.2) is 0 Å². The van der Waals surface area contributed by atoms with Gasteiger partial charge in [0.05, 0.1) is 46.2 Å². The number of carbonyl (C=O) groups is 2. The standard InChI is InChI=1S/C75H135O43P/c1-3-5-7-9-11-13-15-16-18-19-21-23-25-27-44(78)103-31-37(109-45(79)28-26-24-22-20-17-14-12-10-8-6-4-2)32-108-119(101,102)118-69-67(116-74-65(99)53(87)47(81)39(30-77)111-74)59(93)58(92)60(94)68(69)117-75-66(100)57(91)51(85)43(115-75)36-107-73-64(98)56(90)50(84)42(114-73)35-106-72-63(97)55(89)49(83)41(113-72)34-105-71-62(96)54(88)48(82)40(112-71)33-104-70-61(95)52(86)46(80)38(29-76)110-70/h37-43,46-77,80-100H,3-36H2,1-2H3,(H,101,102)/t37-,38?,39?,40?,41?,42?,43?,46+,47-,48+,49+,50+,51+,52?,53?,54?,55?,56?,57?,58+,59?,60?,61+,62+,63+,64+,65-,66+,67-,68?,69+,70-,71-,72-,73-,74-,75+/m1/s1. The van der Waals surface area contributed by atoms with Crippen LogP contribution in [-0.2, 0) is 89.5 Å². The number of aliphatic hydroxyl groups is 23. The fraction of sp³-hybridized carbons (Fsp3) is 0.973. The van der Waals surface area contributed by atoms with Gasteiger partial charge in [-0.15, -0.1) is 0 Å². The molecule has 6 saturated heterocycles. The van der Waals surface area contributed by atoms with Gasteiger partial charge in [0.25, 0.3) is 0 Å². The van der Waals surface area contributed by atoms with E-state index in [1.807, 2.05) is 0 Å². The highest BCUT2D eigenvalue weighted by atomic mass is 31.2. The van der Waals surface area contributed by atoms with Crippen LogP contribution in [0, 0.1) is 0 Å². The Balaban J connectivity index is 1.01. The maximum absolute atomic E-state index is 14.5. The van der Waals surface area contributed by atoms with Crippen LogP contribution in [0.3, 0.4) is 0 Å². The van der Waals surface area contributed by atoms with Crippen molar-refractivity contribution in [1.29, 1.82) is 0 Å². The second kappa shape index (κ2) is 52.2. The van der Waals surface area contributed by atoms with Crippen molar-refractivity contribution in [2.45, 2.75) is 408 Å². The summed E-state index contributed by atoms with van der Waals surface area (Å²) in [6.45, 7) is -2.94. The quantitative estimate of drug-likeness (QED) is 0.0153. The fourth-order valence-electron chi connectivity index (χ4n) is 15.0. The smallest absolute Gasteiger partial charge is 0.462 e. The Kier molecular flexibility index (Phi) is 45.5. The van der Waals surface area contributed by atoms with E-state index < -0.39 is 300 Å². The van der Waals surface area contributed by atoms with E-state index >= 15 is 0 Å². The third kappa shape index (κ3) is 30.4. The van der Waals surface area contributed by atoms with Crippen LogP contribution >= 0.6 is 7.82 Å². The lowest BCUT2D eigenvalue weighted by Crippen LogP contribution is -2.69. The van der Waals surface area contributed by atoms with E-state index in [4.69, 9.17) is 75.4 Å². The van der Waals surface area contributed by atoms with E-state index in [-0.39, 0.29) is 12.8 Å². The molecular formula is C75H135O43P. The van der Waals surface area contributed by atoms with Crippen molar-refractivity contribution in [2.24, 2.45) is 0 Å². The number of esters is 2. The molecule has 119 heavy (non-hydrogen) atoms. The largest absolute Gasteiger partial charge is 0.472 e. The van der Waals surface area contributed by atoms with Gasteiger partial charge in [0.2, 0.25) is 0 Å². The molecule has 698 valence electrons. The van der Waals surface area contributed by atoms with Crippen molar-refractivity contribution in [3.05, 3.63) is 0 Å². The van der Waals surface area contributed by atoms with Crippen molar-refractivity contribution in [3.63, 3.8) is 0 Å². The van der Waals surface area contributed by atoms with E-state index in [0.717, 1.165) is 83.5 Å². The van der Waals surface area contributed by atoms with Gasteiger partial charge in [-0.2, -0.15) is 0 Å². The Morgan fingerprint density at radius 1 is 0.303 bits per heavy atom. The lowest BCUT2D eigenvalue weighted by Gasteiger charge is -2.49. The van der Waals surface area contributed by atoms with Gasteiger partial charge in [-0.3, -0.25) is 18.6 Å². The molecule has 6 heterocycles. The maximum atomic E-state index is 14.5. The first-order valence-corrected chi connectivity index (χ1v) is 43.4. The molecule has 44 heteroatoms. The number of carbonyl (C=O) groups excluding carboxylic acids is 2. The van der Waals surface area contributed by atoms with E-state index in [9.17, 15) is 136 Å². The first-order chi connectivity index (χ1) is 56.7. The van der Waals surface area contributed by atoms with Crippen LogP contribution < -0.4 is 0 Å². The molecule has 1 aliphatic carbocycles. The molecule has 0 aromatic carbocycles. The number of rotatable bonds is 52. The number of hydrogen-bond donors (Lipinski definition) is 24. The molecule has 0 aromatic rings. The highest BCUT2D eigenvalue weighted by Crippen LogP contribution is 2.49. The molecular weight excluding hydrogens is 1620 g/mol. The summed E-state index contributed by atoms with van der Waals surface area (Å²) in [6.07, 6.45) is -52.7. The maximum Gasteiger partial charge on any atom is 0.472 e. The van der Waals surface area contributed by atoms with Gasteiger partial charge in [0.15, 0.2) is 43.8 Å². The summed E-state index contributed by atoms with van der Waals surface area (Å²) in [7, 11) is -5.88. The third-order valence-corrected chi connectivity index (χ3v) is 23.5. The third-order valence-electron chi connectivity index (χ3n) is 22.5. The summed E-state index contributed by atoms with van der Waals surface area (Å²) >= 11 is 0. The van der Waals surface area contributed by atoms with Gasteiger partial charge in [-0.05, 0) is 12.8 Å². The Hall–Kier alpha value is -2.35. The molecule has 7 fully saturated rings. The molecule has 0 bridgehead atoms. The molecule has 7 rings (SSSR count). The average Bonchev–Trinajstić information content (AvgIpc) is 0.758. The first-order valence-electron chi connectivity index (χ1n) is 41.9. The van der Waals surface area contributed by atoms with Crippen LogP contribution in [0.1, 0.15) is 181 Å². The number of aliphatic hydroxyl groups excluding tert-OH is 23. The minimum atomic E-state index is -5.88. The molecule has 0 aromatic heterocycles. The molecule has 24 N–H and O–H groups in total. The molecule has 38 atom stereocenters. The van der Waals surface area contributed by atoms with Crippen molar-refractivity contribution >= 4 is 19.8 Å². The number of ether oxygens (including phenoxy) is 14. The Morgan fingerprint density at radius 3 is 0.866 bits per heavy atom. The van der Waals surface area contributed by atoms with Crippen molar-refractivity contribution < 1.29 is 212 Å². The lowest BCUT2D eigenvalue weighted by molar-refractivity contribution is -0.365. The van der Waals surface area contributed by atoms with E-state index in [1.54, 1.807) is 0 Å². The van der Waals surface area contributed by atoms with Gasteiger partial charge in [0, 0.05) is 12.8 Å². The van der Waals surface area contributed by atoms with Crippen LogP contribution in [0.2, 0.25) is 0 Å². The number of hydrogen-bond acceptors (Lipinski definition) is 42. The zero-order chi connectivity index (χ0) is 87.4. The predicted molar refractivity (Wildman–Crippen MR) is 399 cm³/mol. The highest BCUT2D eigenvalue weighted by molar-refractivity contribution is 7.47. The molecule has 7 aliphatic rings. The molecule has 43 nitrogen and oxygen atoms in total. The van der Waals surface area contributed by atoms with Crippen molar-refractivity contribution in [3.8, 4) is 0 Å². The zero-order valence-electron chi connectivity index (χ0n) is 67.3. The van der Waals surface area contributed by atoms with Gasteiger partial charge in [-0.25, -0.2) is 4.57 Å². The summed E-state index contributed by atoms with van der Waals surface area (Å²) < 4.78 is 104. The molecule has 16 unspecified atom stereocenters. The summed E-state index contributed by atoms with van der Waals surface area (Å²) in [5.74, 6) is -1.50. The Bertz CT molecular complexity index is 2850. The summed E-state index contributed by atoms with van der Waals surface area (Å²) in [4.78, 5) is 38.3. The van der Waals surface area contributed by atoms with Gasteiger partial charge < -0.3 is 189 Å². The molecule has 0 radical (unpaired) electrons. The van der Waals surface area contributed by atoms with Gasteiger partial charge in [0.1, 0.15) is 190 Å². The average molecular weight is 1760 g/mol. The van der Waals surface area contributed by atoms with Gasteiger partial charge in [-0.1, -0.05) is 155 Å².